The van der Waals surface area contributed by atoms with Crippen LogP contribution in [-0.4, -0.2) is 62.6 Å². The highest BCUT2D eigenvalue weighted by molar-refractivity contribution is 14.1. The first kappa shape index (κ1) is 17.2. The van der Waals surface area contributed by atoms with Gasteiger partial charge in [-0.05, 0) is 47.7 Å². The Bertz CT molecular complexity index is 832. The number of carbonyl (C=O) groups excluding carboxylic acids is 1. The van der Waals surface area contributed by atoms with Crippen molar-refractivity contribution in [1.29, 1.82) is 0 Å². The Morgan fingerprint density at radius 1 is 1.33 bits per heavy atom. The maximum Gasteiger partial charge on any atom is 0.407 e. The minimum absolute atomic E-state index is 0.0321. The highest BCUT2D eigenvalue weighted by Crippen LogP contribution is 2.23. The Morgan fingerprint density at radius 3 is 2.75 bits per heavy atom. The van der Waals surface area contributed by atoms with E-state index >= 15 is 0 Å². The van der Waals surface area contributed by atoms with Gasteiger partial charge in [-0.1, -0.05) is 11.6 Å². The summed E-state index contributed by atoms with van der Waals surface area (Å²) in [5.41, 5.74) is 0.607. The Morgan fingerprint density at radius 2 is 2.08 bits per heavy atom. The summed E-state index contributed by atoms with van der Waals surface area (Å²) < 4.78 is 1.00. The third-order valence-corrected chi connectivity index (χ3v) is 4.92. The molecule has 1 atom stereocenters. The molecule has 1 N–H and O–H groups in total. The van der Waals surface area contributed by atoms with Crippen molar-refractivity contribution in [1.82, 2.24) is 19.8 Å². The fourth-order valence-corrected chi connectivity index (χ4v) is 3.45. The van der Waals surface area contributed by atoms with Crippen molar-refractivity contribution in [3.8, 4) is 0 Å². The number of carbonyl (C=O) groups is 2. The molecule has 0 unspecified atom stereocenters. The van der Waals surface area contributed by atoms with E-state index in [2.05, 4.69) is 32.6 Å². The number of amides is 2. The summed E-state index contributed by atoms with van der Waals surface area (Å²) in [6.07, 6.45) is -0.978. The van der Waals surface area contributed by atoms with Crippen molar-refractivity contribution in [3.63, 3.8) is 0 Å². The van der Waals surface area contributed by atoms with E-state index < -0.39 is 6.09 Å². The third kappa shape index (κ3) is 3.25. The second-order valence-electron chi connectivity index (χ2n) is 5.58. The Kier molecular flexibility index (Phi) is 4.77. The number of hydrogen-bond donors (Lipinski definition) is 1. The lowest BCUT2D eigenvalue weighted by Crippen LogP contribution is -2.55. The average Bonchev–Trinajstić information content (AvgIpc) is 2.54. The quantitative estimate of drug-likeness (QED) is 0.522. The maximum atomic E-state index is 12.7. The second-order valence-corrected chi connectivity index (χ2v) is 7.18. The first-order valence-electron chi connectivity index (χ1n) is 7.28. The molecule has 2 amide bonds. The molecule has 3 rings (SSSR count). The van der Waals surface area contributed by atoms with Gasteiger partial charge in [0.25, 0.3) is 5.91 Å². The molecule has 0 saturated carbocycles. The molecule has 0 spiro atoms. The first-order valence-corrected chi connectivity index (χ1v) is 8.74. The van der Waals surface area contributed by atoms with E-state index in [-0.39, 0.29) is 29.5 Å². The van der Waals surface area contributed by atoms with Gasteiger partial charge in [-0.15, -0.1) is 0 Å². The molecular formula is C15H14ClIN4O3. The van der Waals surface area contributed by atoms with Crippen molar-refractivity contribution in [2.45, 2.75) is 13.0 Å². The fraction of sp³-hybridized carbons (Fsp3) is 0.333. The molecule has 7 nitrogen and oxygen atoms in total. The van der Waals surface area contributed by atoms with E-state index in [0.717, 1.165) is 3.57 Å². The van der Waals surface area contributed by atoms with Crippen LogP contribution in [0.25, 0.3) is 10.9 Å². The zero-order valence-corrected chi connectivity index (χ0v) is 15.7. The van der Waals surface area contributed by atoms with Gasteiger partial charge >= 0.3 is 6.09 Å². The number of rotatable bonds is 1. The topological polar surface area (TPSA) is 86.6 Å². The standard InChI is InChI=1S/C15H14ClIN4O3/c1-8-7-20(4-5-21(8)15(23)24)14(22)13-18-11-3-2-9(17)6-10(11)12(16)19-13/h2-3,6,8H,4-5,7H2,1H3,(H,23,24)/t8-/m1/s1. The van der Waals surface area contributed by atoms with Crippen LogP contribution in [0.1, 0.15) is 17.5 Å². The summed E-state index contributed by atoms with van der Waals surface area (Å²) in [4.78, 5) is 35.1. The minimum Gasteiger partial charge on any atom is -0.465 e. The van der Waals surface area contributed by atoms with Gasteiger partial charge in [-0.2, -0.15) is 0 Å². The first-order chi connectivity index (χ1) is 11.4. The van der Waals surface area contributed by atoms with Gasteiger partial charge < -0.3 is 14.9 Å². The number of benzene rings is 1. The lowest BCUT2D eigenvalue weighted by atomic mass is 10.2. The maximum absolute atomic E-state index is 12.7. The Hall–Kier alpha value is -1.68. The van der Waals surface area contributed by atoms with Gasteiger partial charge in [0.15, 0.2) is 0 Å². The van der Waals surface area contributed by atoms with Gasteiger partial charge in [0, 0.05) is 34.6 Å². The SMILES string of the molecule is C[C@@H]1CN(C(=O)c2nc(Cl)c3cc(I)ccc3n2)CCN1C(=O)O. The smallest absolute Gasteiger partial charge is 0.407 e. The number of piperazine rings is 1. The molecule has 1 fully saturated rings. The molecule has 1 aromatic carbocycles. The second kappa shape index (κ2) is 6.67. The Labute approximate surface area is 156 Å². The number of carboxylic acid groups (broad SMARTS) is 1. The van der Waals surface area contributed by atoms with Crippen molar-refractivity contribution in [2.75, 3.05) is 19.6 Å². The molecule has 0 radical (unpaired) electrons. The van der Waals surface area contributed by atoms with Crippen molar-refractivity contribution < 1.29 is 14.7 Å². The van der Waals surface area contributed by atoms with Crippen LogP contribution in [0.2, 0.25) is 5.15 Å². The number of hydrogen-bond acceptors (Lipinski definition) is 4. The van der Waals surface area contributed by atoms with Crippen LogP contribution in [0.4, 0.5) is 4.79 Å². The van der Waals surface area contributed by atoms with Crippen molar-refractivity contribution in [2.24, 2.45) is 0 Å². The van der Waals surface area contributed by atoms with Crippen molar-refractivity contribution >= 4 is 57.1 Å². The molecule has 126 valence electrons. The summed E-state index contributed by atoms with van der Waals surface area (Å²) in [7, 11) is 0. The molecule has 2 aromatic rings. The molecule has 1 aromatic heterocycles. The van der Waals surface area contributed by atoms with Gasteiger partial charge in [-0.25, -0.2) is 14.8 Å². The van der Waals surface area contributed by atoms with E-state index in [1.807, 2.05) is 12.1 Å². The fourth-order valence-electron chi connectivity index (χ4n) is 2.73. The Balaban J connectivity index is 1.87. The minimum atomic E-state index is -0.978. The molecule has 9 heteroatoms. The van der Waals surface area contributed by atoms with Gasteiger partial charge in [0.1, 0.15) is 5.15 Å². The predicted octanol–water partition coefficient (Wildman–Crippen LogP) is 2.71. The number of halogens is 2. The molecule has 1 saturated heterocycles. The van der Waals surface area contributed by atoms with E-state index in [1.54, 1.807) is 17.9 Å². The van der Waals surface area contributed by atoms with Crippen LogP contribution in [0.15, 0.2) is 18.2 Å². The van der Waals surface area contributed by atoms with Crippen LogP contribution in [0.3, 0.4) is 0 Å². The lowest BCUT2D eigenvalue weighted by Gasteiger charge is -2.37. The number of nitrogens with zero attached hydrogens (tertiary/aromatic N) is 4. The largest absolute Gasteiger partial charge is 0.465 e. The zero-order valence-electron chi connectivity index (χ0n) is 12.7. The van der Waals surface area contributed by atoms with Crippen LogP contribution in [0, 0.1) is 3.57 Å². The molecule has 24 heavy (non-hydrogen) atoms. The highest BCUT2D eigenvalue weighted by Gasteiger charge is 2.31. The molecule has 1 aliphatic rings. The van der Waals surface area contributed by atoms with Gasteiger partial charge in [0.2, 0.25) is 5.82 Å². The molecule has 2 heterocycles. The molecule has 0 bridgehead atoms. The number of aromatic nitrogens is 2. The highest BCUT2D eigenvalue weighted by atomic mass is 127. The van der Waals surface area contributed by atoms with E-state index in [9.17, 15) is 9.59 Å². The predicted molar refractivity (Wildman–Crippen MR) is 97.4 cm³/mol. The van der Waals surface area contributed by atoms with Gasteiger partial charge in [0.05, 0.1) is 5.52 Å². The van der Waals surface area contributed by atoms with E-state index in [4.69, 9.17) is 16.7 Å². The van der Waals surface area contributed by atoms with Crippen molar-refractivity contribution in [3.05, 3.63) is 32.7 Å². The van der Waals surface area contributed by atoms with Crippen LogP contribution in [0.5, 0.6) is 0 Å². The van der Waals surface area contributed by atoms with Crippen LogP contribution in [-0.2, 0) is 0 Å². The van der Waals surface area contributed by atoms with E-state index in [0.29, 0.717) is 24.0 Å². The molecular weight excluding hydrogens is 447 g/mol. The lowest BCUT2D eigenvalue weighted by molar-refractivity contribution is 0.0497. The summed E-state index contributed by atoms with van der Waals surface area (Å²) in [5.74, 6) is -0.307. The number of fused-ring (bicyclic) bond motifs is 1. The average molecular weight is 461 g/mol. The third-order valence-electron chi connectivity index (χ3n) is 3.96. The summed E-state index contributed by atoms with van der Waals surface area (Å²) in [6, 6.07) is 5.26. The summed E-state index contributed by atoms with van der Waals surface area (Å²) in [5, 5.41) is 10.0. The van der Waals surface area contributed by atoms with Gasteiger partial charge in [-0.3, -0.25) is 4.79 Å². The monoisotopic (exact) mass is 460 g/mol. The summed E-state index contributed by atoms with van der Waals surface area (Å²) in [6.45, 7) is 2.64. The normalized spacial score (nSPS) is 18.0. The molecule has 1 aliphatic heterocycles. The van der Waals surface area contributed by atoms with Crippen LogP contribution >= 0.6 is 34.2 Å². The molecule has 0 aliphatic carbocycles. The van der Waals surface area contributed by atoms with E-state index in [1.165, 1.54) is 4.90 Å². The summed E-state index contributed by atoms with van der Waals surface area (Å²) >= 11 is 8.37. The zero-order chi connectivity index (χ0) is 17.4. The van der Waals surface area contributed by atoms with Crippen LogP contribution < -0.4 is 0 Å².